The summed E-state index contributed by atoms with van der Waals surface area (Å²) in [5.41, 5.74) is 5.57. The van der Waals surface area contributed by atoms with Crippen LogP contribution in [0.2, 0.25) is 0 Å². The topological polar surface area (TPSA) is 97.2 Å². The first-order valence-electron chi connectivity index (χ1n) is 10.5. The third kappa shape index (κ3) is 4.35. The van der Waals surface area contributed by atoms with Crippen molar-refractivity contribution >= 4 is 27.3 Å². The molecule has 32 heavy (non-hydrogen) atoms. The van der Waals surface area contributed by atoms with E-state index in [1.54, 1.807) is 28.4 Å². The van der Waals surface area contributed by atoms with Gasteiger partial charge in [-0.1, -0.05) is 6.07 Å². The number of rotatable bonds is 6. The van der Waals surface area contributed by atoms with Crippen molar-refractivity contribution < 1.29 is 13.2 Å². The lowest BCUT2D eigenvalue weighted by Gasteiger charge is -2.32. The number of carbonyl (C=O) groups excluding carboxylic acids is 1. The van der Waals surface area contributed by atoms with E-state index in [4.69, 9.17) is 0 Å². The van der Waals surface area contributed by atoms with E-state index in [1.807, 2.05) is 38.7 Å². The molecule has 0 saturated heterocycles. The highest BCUT2D eigenvalue weighted by molar-refractivity contribution is 7.91. The van der Waals surface area contributed by atoms with Gasteiger partial charge in [0.05, 0.1) is 5.69 Å². The fourth-order valence-corrected chi connectivity index (χ4v) is 6.24. The van der Waals surface area contributed by atoms with Gasteiger partial charge in [-0.15, -0.1) is 11.3 Å². The lowest BCUT2D eigenvalue weighted by Crippen LogP contribution is -2.41. The van der Waals surface area contributed by atoms with Crippen molar-refractivity contribution in [2.45, 2.75) is 57.5 Å². The molecule has 0 aliphatic carbocycles. The number of nitrogens with zero attached hydrogens (tertiary/aromatic N) is 4. The monoisotopic (exact) mass is 473 g/mol. The average Bonchev–Trinajstić information content (AvgIpc) is 3.42. The van der Waals surface area contributed by atoms with E-state index in [9.17, 15) is 13.2 Å². The molecule has 0 aromatic carbocycles. The summed E-state index contributed by atoms with van der Waals surface area (Å²) in [6.07, 6.45) is 2.46. The lowest BCUT2D eigenvalue weighted by atomic mass is 9.94. The molecule has 0 radical (unpaired) electrons. The SMILES string of the molecule is Cc1cc(C)n([C@H](C)C(=O)N2CCc3c(cnc(C)c3CNS(=O)(=O)c3cccs3)C2)n1. The Morgan fingerprint density at radius 2 is 2.09 bits per heavy atom. The van der Waals surface area contributed by atoms with Gasteiger partial charge in [-0.3, -0.25) is 14.5 Å². The van der Waals surface area contributed by atoms with Crippen LogP contribution in [0.1, 0.15) is 46.7 Å². The lowest BCUT2D eigenvalue weighted by molar-refractivity contribution is -0.135. The molecule has 1 amide bonds. The number of aryl methyl sites for hydroxylation is 3. The quantitative estimate of drug-likeness (QED) is 0.594. The summed E-state index contributed by atoms with van der Waals surface area (Å²) in [7, 11) is -3.56. The number of pyridine rings is 1. The third-order valence-corrected chi connectivity index (χ3v) is 8.67. The first kappa shape index (κ1) is 22.6. The molecule has 0 spiro atoms. The third-order valence-electron chi connectivity index (χ3n) is 5.88. The van der Waals surface area contributed by atoms with Crippen LogP contribution >= 0.6 is 11.3 Å². The van der Waals surface area contributed by atoms with Gasteiger partial charge in [-0.25, -0.2) is 13.1 Å². The van der Waals surface area contributed by atoms with Crippen molar-refractivity contribution in [1.82, 2.24) is 24.4 Å². The summed E-state index contributed by atoms with van der Waals surface area (Å²) in [6.45, 7) is 8.83. The number of carbonyl (C=O) groups is 1. The molecule has 8 nitrogen and oxygen atoms in total. The fraction of sp³-hybridized carbons (Fsp3) is 0.409. The summed E-state index contributed by atoms with van der Waals surface area (Å²) in [4.78, 5) is 19.5. The van der Waals surface area contributed by atoms with Crippen molar-refractivity contribution in [3.8, 4) is 0 Å². The van der Waals surface area contributed by atoms with E-state index in [0.717, 1.165) is 33.8 Å². The van der Waals surface area contributed by atoms with Gasteiger partial charge in [-0.2, -0.15) is 5.10 Å². The highest BCUT2D eigenvalue weighted by Crippen LogP contribution is 2.26. The van der Waals surface area contributed by atoms with Crippen molar-refractivity contribution in [3.05, 3.63) is 63.5 Å². The Kier molecular flexibility index (Phi) is 6.19. The van der Waals surface area contributed by atoms with Gasteiger partial charge in [-0.05, 0) is 68.3 Å². The second-order valence-corrected chi connectivity index (χ2v) is 11.1. The van der Waals surface area contributed by atoms with E-state index in [1.165, 1.54) is 11.3 Å². The Bertz CT molecular complexity index is 1250. The van der Waals surface area contributed by atoms with Crippen LogP contribution in [0, 0.1) is 20.8 Å². The number of amides is 1. The first-order valence-corrected chi connectivity index (χ1v) is 12.8. The Hall–Kier alpha value is -2.56. The highest BCUT2D eigenvalue weighted by Gasteiger charge is 2.29. The zero-order chi connectivity index (χ0) is 23.0. The van der Waals surface area contributed by atoms with Crippen LogP contribution in [0.15, 0.2) is 34.0 Å². The Labute approximate surface area is 192 Å². The zero-order valence-corrected chi connectivity index (χ0v) is 20.3. The molecule has 0 bridgehead atoms. The minimum Gasteiger partial charge on any atom is -0.336 e. The minimum atomic E-state index is -3.56. The van der Waals surface area contributed by atoms with Crippen molar-refractivity contribution in [2.24, 2.45) is 0 Å². The number of aromatic nitrogens is 3. The molecule has 3 aromatic rings. The fourth-order valence-electron chi connectivity index (χ4n) is 4.21. The Morgan fingerprint density at radius 1 is 1.31 bits per heavy atom. The predicted octanol–water partition coefficient (Wildman–Crippen LogP) is 2.89. The van der Waals surface area contributed by atoms with Crippen molar-refractivity contribution in [3.63, 3.8) is 0 Å². The molecule has 10 heteroatoms. The smallest absolute Gasteiger partial charge is 0.250 e. The number of nitrogens with one attached hydrogen (secondary N) is 1. The summed E-state index contributed by atoms with van der Waals surface area (Å²) in [5, 5.41) is 6.20. The summed E-state index contributed by atoms with van der Waals surface area (Å²) in [5.74, 6) is 0.0161. The van der Waals surface area contributed by atoms with Crippen LogP contribution in [0.5, 0.6) is 0 Å². The number of fused-ring (bicyclic) bond motifs is 1. The standard InChI is InChI=1S/C22H27N5O3S2/c1-14-10-15(2)27(25-14)17(4)22(28)26-8-7-19-18(13-26)11-23-16(3)20(19)12-24-32(29,30)21-6-5-9-31-21/h5-6,9-11,17,24H,7-8,12-13H2,1-4H3/t17-/m1/s1. The molecule has 0 fully saturated rings. The average molecular weight is 474 g/mol. The number of hydrogen-bond donors (Lipinski definition) is 1. The Balaban J connectivity index is 1.52. The van der Waals surface area contributed by atoms with Gasteiger partial charge in [0.25, 0.3) is 0 Å². The predicted molar refractivity (Wildman–Crippen MR) is 123 cm³/mol. The number of hydrogen-bond acceptors (Lipinski definition) is 6. The molecule has 1 atom stereocenters. The maximum absolute atomic E-state index is 13.2. The summed E-state index contributed by atoms with van der Waals surface area (Å²) >= 11 is 1.19. The largest absolute Gasteiger partial charge is 0.336 e. The second kappa shape index (κ2) is 8.76. The normalized spacial score (nSPS) is 14.9. The molecular weight excluding hydrogens is 446 g/mol. The highest BCUT2D eigenvalue weighted by atomic mass is 32.2. The Morgan fingerprint density at radius 3 is 2.75 bits per heavy atom. The summed E-state index contributed by atoms with van der Waals surface area (Å²) < 4.78 is 29.9. The van der Waals surface area contributed by atoms with E-state index in [2.05, 4.69) is 14.8 Å². The van der Waals surface area contributed by atoms with Crippen LogP contribution in [0.25, 0.3) is 0 Å². The maximum Gasteiger partial charge on any atom is 0.250 e. The van der Waals surface area contributed by atoms with E-state index in [0.29, 0.717) is 23.7 Å². The van der Waals surface area contributed by atoms with Gasteiger partial charge in [0.2, 0.25) is 15.9 Å². The van der Waals surface area contributed by atoms with Gasteiger partial charge in [0.15, 0.2) is 0 Å². The van der Waals surface area contributed by atoms with E-state index >= 15 is 0 Å². The van der Waals surface area contributed by atoms with Crippen LogP contribution in [-0.2, 0) is 34.3 Å². The first-order chi connectivity index (χ1) is 15.2. The molecular formula is C22H27N5O3S2. The van der Waals surface area contributed by atoms with E-state index < -0.39 is 10.0 Å². The maximum atomic E-state index is 13.2. The minimum absolute atomic E-state index is 0.0161. The number of sulfonamides is 1. The molecule has 1 N–H and O–H groups in total. The second-order valence-electron chi connectivity index (χ2n) is 8.14. The summed E-state index contributed by atoms with van der Waals surface area (Å²) in [6, 6.07) is 4.88. The van der Waals surface area contributed by atoms with Crippen LogP contribution in [-0.4, -0.2) is 40.5 Å². The molecule has 170 valence electrons. The molecule has 1 aliphatic rings. The molecule has 4 rings (SSSR count). The van der Waals surface area contributed by atoms with Gasteiger partial charge in [0.1, 0.15) is 10.3 Å². The molecule has 3 aromatic heterocycles. The van der Waals surface area contributed by atoms with Crippen molar-refractivity contribution in [1.29, 1.82) is 0 Å². The van der Waals surface area contributed by atoms with Crippen molar-refractivity contribution in [2.75, 3.05) is 6.54 Å². The van der Waals surface area contributed by atoms with Crippen LogP contribution < -0.4 is 4.72 Å². The van der Waals surface area contributed by atoms with Gasteiger partial charge < -0.3 is 4.90 Å². The molecule has 0 unspecified atom stereocenters. The zero-order valence-electron chi connectivity index (χ0n) is 18.6. The van der Waals surface area contributed by atoms with Gasteiger partial charge >= 0.3 is 0 Å². The number of thiophene rings is 1. The van der Waals surface area contributed by atoms with Gasteiger partial charge in [0, 0.05) is 37.2 Å². The van der Waals surface area contributed by atoms with Crippen LogP contribution in [0.4, 0.5) is 0 Å². The van der Waals surface area contributed by atoms with Crippen LogP contribution in [0.3, 0.4) is 0 Å². The molecule has 4 heterocycles. The van der Waals surface area contributed by atoms with E-state index in [-0.39, 0.29) is 18.5 Å². The molecule has 0 saturated carbocycles. The molecule has 1 aliphatic heterocycles.